The number of sulfonamides is 1. The maximum Gasteiger partial charge on any atom is 0.238 e. The lowest BCUT2D eigenvalue weighted by atomic mass is 10.2. The van der Waals surface area contributed by atoms with E-state index in [9.17, 15) is 12.8 Å². The van der Waals surface area contributed by atoms with E-state index >= 15 is 0 Å². The molecule has 0 radical (unpaired) electrons. The molecule has 19 heavy (non-hydrogen) atoms. The first kappa shape index (κ1) is 13.5. The van der Waals surface area contributed by atoms with Crippen molar-refractivity contribution in [1.29, 1.82) is 0 Å². The molecule has 1 N–H and O–H groups in total. The largest absolute Gasteiger partial charge is 0.267 e. The van der Waals surface area contributed by atoms with Crippen molar-refractivity contribution in [2.24, 2.45) is 0 Å². The molecule has 0 aliphatic heterocycles. The van der Waals surface area contributed by atoms with Crippen LogP contribution in [0.5, 0.6) is 0 Å². The van der Waals surface area contributed by atoms with E-state index in [1.54, 1.807) is 12.1 Å². The fourth-order valence-electron chi connectivity index (χ4n) is 1.59. The molecule has 100 valence electrons. The van der Waals surface area contributed by atoms with Crippen molar-refractivity contribution in [2.75, 3.05) is 4.72 Å². The number of nitrogens with zero attached hydrogens (tertiary/aromatic N) is 1. The van der Waals surface area contributed by atoms with Crippen LogP contribution < -0.4 is 4.72 Å². The molecule has 4 nitrogen and oxygen atoms in total. The van der Waals surface area contributed by atoms with Crippen LogP contribution in [0.2, 0.25) is 0 Å². The van der Waals surface area contributed by atoms with E-state index in [4.69, 9.17) is 0 Å². The van der Waals surface area contributed by atoms with Crippen LogP contribution in [0.1, 0.15) is 11.1 Å². The lowest BCUT2D eigenvalue weighted by Gasteiger charge is -2.07. The smallest absolute Gasteiger partial charge is 0.238 e. The number of aryl methyl sites for hydroxylation is 1. The molecule has 0 atom stereocenters. The van der Waals surface area contributed by atoms with Gasteiger partial charge in [-0.1, -0.05) is 12.1 Å². The van der Waals surface area contributed by atoms with E-state index in [1.807, 2.05) is 6.92 Å². The molecule has 0 unspecified atom stereocenters. The molecule has 0 fully saturated rings. The summed E-state index contributed by atoms with van der Waals surface area (Å²) in [4.78, 5) is 3.93. The van der Waals surface area contributed by atoms with Gasteiger partial charge in [0.15, 0.2) is 0 Å². The molecule has 1 heterocycles. The molecule has 0 saturated heterocycles. The van der Waals surface area contributed by atoms with Gasteiger partial charge in [-0.2, -0.15) is 0 Å². The van der Waals surface area contributed by atoms with Gasteiger partial charge >= 0.3 is 0 Å². The fraction of sp³-hybridized carbons (Fsp3) is 0.154. The van der Waals surface area contributed by atoms with Crippen LogP contribution in [0.3, 0.4) is 0 Å². The van der Waals surface area contributed by atoms with Crippen molar-refractivity contribution in [1.82, 2.24) is 4.98 Å². The van der Waals surface area contributed by atoms with Crippen LogP contribution in [0.4, 0.5) is 10.2 Å². The Kier molecular flexibility index (Phi) is 3.80. The summed E-state index contributed by atoms with van der Waals surface area (Å²) in [6.07, 6.45) is 1.53. The van der Waals surface area contributed by atoms with E-state index < -0.39 is 15.8 Å². The van der Waals surface area contributed by atoms with Gasteiger partial charge in [0, 0.05) is 6.20 Å². The average Bonchev–Trinajstić information content (AvgIpc) is 2.31. The van der Waals surface area contributed by atoms with Crippen LogP contribution in [-0.2, 0) is 15.8 Å². The van der Waals surface area contributed by atoms with Gasteiger partial charge in [-0.05, 0) is 42.3 Å². The predicted octanol–water partition coefficient (Wildman–Crippen LogP) is 2.47. The number of nitrogens with one attached hydrogen (secondary N) is 1. The Hall–Kier alpha value is -1.95. The Balaban J connectivity index is 2.13. The molecule has 0 spiro atoms. The monoisotopic (exact) mass is 280 g/mol. The Bertz CT molecular complexity index is 669. The Labute approximate surface area is 111 Å². The number of aromatic nitrogens is 1. The molecule has 1 aromatic heterocycles. The second-order valence-electron chi connectivity index (χ2n) is 4.21. The van der Waals surface area contributed by atoms with Gasteiger partial charge in [-0.15, -0.1) is 0 Å². The zero-order valence-electron chi connectivity index (χ0n) is 10.3. The second-order valence-corrected chi connectivity index (χ2v) is 5.93. The van der Waals surface area contributed by atoms with Crippen LogP contribution in [0.15, 0.2) is 42.6 Å². The van der Waals surface area contributed by atoms with Gasteiger partial charge in [0.2, 0.25) is 10.0 Å². The molecule has 2 rings (SSSR count). The quantitative estimate of drug-likeness (QED) is 0.936. The van der Waals surface area contributed by atoms with Crippen molar-refractivity contribution >= 4 is 15.8 Å². The number of pyridine rings is 1. The predicted molar refractivity (Wildman–Crippen MR) is 71.6 cm³/mol. The number of hydrogen-bond acceptors (Lipinski definition) is 3. The summed E-state index contributed by atoms with van der Waals surface area (Å²) in [5.41, 5.74) is 1.43. The Morgan fingerprint density at radius 1 is 1.21 bits per heavy atom. The molecular formula is C13H13FN2O2S. The van der Waals surface area contributed by atoms with Gasteiger partial charge in [0.05, 0.1) is 5.75 Å². The minimum Gasteiger partial charge on any atom is -0.267 e. The van der Waals surface area contributed by atoms with E-state index in [1.165, 1.54) is 30.5 Å². The maximum atomic E-state index is 12.7. The minimum atomic E-state index is -3.55. The fourth-order valence-corrected chi connectivity index (χ4v) is 2.72. The highest BCUT2D eigenvalue weighted by Crippen LogP contribution is 2.12. The molecule has 6 heteroatoms. The second kappa shape index (κ2) is 5.36. The Morgan fingerprint density at radius 3 is 2.53 bits per heavy atom. The van der Waals surface area contributed by atoms with Crippen molar-refractivity contribution in [3.05, 3.63) is 59.5 Å². The van der Waals surface area contributed by atoms with Crippen molar-refractivity contribution in [2.45, 2.75) is 12.7 Å². The highest BCUT2D eigenvalue weighted by atomic mass is 32.2. The SMILES string of the molecule is Cc1ccnc(NS(=O)(=O)Cc2ccc(F)cc2)c1. The summed E-state index contributed by atoms with van der Waals surface area (Å²) < 4.78 is 39.0. The third-order valence-electron chi connectivity index (χ3n) is 2.45. The average molecular weight is 280 g/mol. The summed E-state index contributed by atoms with van der Waals surface area (Å²) in [6.45, 7) is 1.85. The summed E-state index contributed by atoms with van der Waals surface area (Å²) in [5, 5.41) is 0. The summed E-state index contributed by atoms with van der Waals surface area (Å²) in [5.74, 6) is -0.334. The van der Waals surface area contributed by atoms with Gasteiger partial charge in [-0.25, -0.2) is 17.8 Å². The number of rotatable bonds is 4. The third kappa shape index (κ3) is 4.03. The van der Waals surface area contributed by atoms with Gasteiger partial charge in [0.1, 0.15) is 11.6 Å². The van der Waals surface area contributed by atoms with Crippen molar-refractivity contribution < 1.29 is 12.8 Å². The molecule has 0 saturated carbocycles. The highest BCUT2D eigenvalue weighted by Gasteiger charge is 2.12. The van der Waals surface area contributed by atoms with Crippen LogP contribution in [0.25, 0.3) is 0 Å². The highest BCUT2D eigenvalue weighted by molar-refractivity contribution is 7.91. The molecule has 1 aromatic carbocycles. The normalized spacial score (nSPS) is 11.3. The van der Waals surface area contributed by atoms with Gasteiger partial charge in [-0.3, -0.25) is 4.72 Å². The van der Waals surface area contributed by atoms with E-state index in [0.717, 1.165) is 5.56 Å². The molecule has 0 bridgehead atoms. The minimum absolute atomic E-state index is 0.219. The van der Waals surface area contributed by atoms with Crippen LogP contribution >= 0.6 is 0 Å². The topological polar surface area (TPSA) is 59.1 Å². The summed E-state index contributed by atoms with van der Waals surface area (Å²) in [7, 11) is -3.55. The van der Waals surface area contributed by atoms with Crippen LogP contribution in [0, 0.1) is 12.7 Å². The van der Waals surface area contributed by atoms with Crippen molar-refractivity contribution in [3.63, 3.8) is 0 Å². The number of anilines is 1. The lowest BCUT2D eigenvalue weighted by Crippen LogP contribution is -2.16. The lowest BCUT2D eigenvalue weighted by molar-refractivity contribution is 0.599. The molecule has 0 aliphatic rings. The molecule has 2 aromatic rings. The number of benzene rings is 1. The van der Waals surface area contributed by atoms with Crippen LogP contribution in [-0.4, -0.2) is 13.4 Å². The van der Waals surface area contributed by atoms with Crippen molar-refractivity contribution in [3.8, 4) is 0 Å². The molecular weight excluding hydrogens is 267 g/mol. The molecule has 0 amide bonds. The maximum absolute atomic E-state index is 12.7. The first-order valence-electron chi connectivity index (χ1n) is 5.62. The summed E-state index contributed by atoms with van der Waals surface area (Å²) in [6, 6.07) is 8.77. The first-order valence-corrected chi connectivity index (χ1v) is 7.27. The van der Waals surface area contributed by atoms with E-state index in [2.05, 4.69) is 9.71 Å². The zero-order valence-corrected chi connectivity index (χ0v) is 11.1. The number of halogens is 1. The number of hydrogen-bond donors (Lipinski definition) is 1. The Morgan fingerprint density at radius 2 is 1.89 bits per heavy atom. The van der Waals surface area contributed by atoms with Gasteiger partial charge in [0.25, 0.3) is 0 Å². The summed E-state index contributed by atoms with van der Waals surface area (Å²) >= 11 is 0. The van der Waals surface area contributed by atoms with E-state index in [0.29, 0.717) is 5.56 Å². The van der Waals surface area contributed by atoms with E-state index in [-0.39, 0.29) is 11.6 Å². The first-order chi connectivity index (χ1) is 8.94. The molecule has 0 aliphatic carbocycles. The zero-order chi connectivity index (χ0) is 13.9. The third-order valence-corrected chi connectivity index (χ3v) is 3.68. The van der Waals surface area contributed by atoms with Gasteiger partial charge < -0.3 is 0 Å². The standard InChI is InChI=1S/C13H13FN2O2S/c1-10-6-7-15-13(8-10)16-19(17,18)9-11-2-4-12(14)5-3-11/h2-8H,9H2,1H3,(H,15,16).